The van der Waals surface area contributed by atoms with Crippen molar-refractivity contribution in [3.8, 4) is 0 Å². The van der Waals surface area contributed by atoms with Crippen LogP contribution in [0, 0.1) is 0 Å². The largest absolute Gasteiger partial charge is 0.416 e. The van der Waals surface area contributed by atoms with Crippen LogP contribution in [0.15, 0.2) is 42.9 Å². The SMILES string of the molecule is O=C(NCC(c1ccc(C(F)(F)F)cc1)N1CCOCC1)c1cnccn1. The topological polar surface area (TPSA) is 67.4 Å². The van der Waals surface area contributed by atoms with Crippen LogP contribution in [0.1, 0.15) is 27.7 Å². The summed E-state index contributed by atoms with van der Waals surface area (Å²) >= 11 is 0. The van der Waals surface area contributed by atoms with E-state index in [0.29, 0.717) is 31.9 Å². The lowest BCUT2D eigenvalue weighted by molar-refractivity contribution is -0.137. The number of amides is 1. The minimum atomic E-state index is -4.38. The predicted molar refractivity (Wildman–Crippen MR) is 90.9 cm³/mol. The Hall–Kier alpha value is -2.52. The monoisotopic (exact) mass is 380 g/mol. The summed E-state index contributed by atoms with van der Waals surface area (Å²) in [5.41, 5.74) is 0.186. The molecule has 6 nitrogen and oxygen atoms in total. The molecule has 1 saturated heterocycles. The van der Waals surface area contributed by atoms with E-state index in [0.717, 1.165) is 12.1 Å². The summed E-state index contributed by atoms with van der Waals surface area (Å²) in [5.74, 6) is -0.381. The quantitative estimate of drug-likeness (QED) is 0.862. The van der Waals surface area contributed by atoms with Crippen molar-refractivity contribution in [2.24, 2.45) is 0 Å². The Balaban J connectivity index is 1.75. The summed E-state index contributed by atoms with van der Waals surface area (Å²) in [6, 6.07) is 4.77. The van der Waals surface area contributed by atoms with Gasteiger partial charge in [0.1, 0.15) is 5.69 Å². The smallest absolute Gasteiger partial charge is 0.379 e. The summed E-state index contributed by atoms with van der Waals surface area (Å²) < 4.78 is 43.8. The van der Waals surface area contributed by atoms with Crippen molar-refractivity contribution in [2.45, 2.75) is 12.2 Å². The Morgan fingerprint density at radius 2 is 1.89 bits per heavy atom. The fourth-order valence-corrected chi connectivity index (χ4v) is 2.94. The summed E-state index contributed by atoms with van der Waals surface area (Å²) in [6.45, 7) is 2.57. The number of alkyl halides is 3. The van der Waals surface area contributed by atoms with Gasteiger partial charge in [-0.25, -0.2) is 4.98 Å². The lowest BCUT2D eigenvalue weighted by Crippen LogP contribution is -2.44. The molecule has 1 N–H and O–H groups in total. The minimum Gasteiger partial charge on any atom is -0.379 e. The molecule has 0 aliphatic carbocycles. The van der Waals surface area contributed by atoms with Crippen LogP contribution in [0.3, 0.4) is 0 Å². The number of halogens is 3. The second kappa shape index (κ2) is 8.45. The number of morpholine rings is 1. The molecule has 1 fully saturated rings. The molecule has 2 aromatic rings. The van der Waals surface area contributed by atoms with Crippen LogP contribution in [0.2, 0.25) is 0 Å². The second-order valence-electron chi connectivity index (χ2n) is 6.08. The molecule has 0 saturated carbocycles. The highest BCUT2D eigenvalue weighted by atomic mass is 19.4. The molecule has 9 heteroatoms. The number of nitrogens with one attached hydrogen (secondary N) is 1. The van der Waals surface area contributed by atoms with Gasteiger partial charge in [0, 0.05) is 32.0 Å². The maximum atomic E-state index is 12.8. The van der Waals surface area contributed by atoms with E-state index < -0.39 is 11.7 Å². The van der Waals surface area contributed by atoms with Crippen molar-refractivity contribution < 1.29 is 22.7 Å². The van der Waals surface area contributed by atoms with Gasteiger partial charge in [-0.2, -0.15) is 13.2 Å². The molecule has 0 bridgehead atoms. The van der Waals surface area contributed by atoms with Crippen LogP contribution in [0.5, 0.6) is 0 Å². The first-order valence-electron chi connectivity index (χ1n) is 8.48. The Kier molecular flexibility index (Phi) is 6.02. The maximum absolute atomic E-state index is 12.8. The van der Waals surface area contributed by atoms with E-state index in [-0.39, 0.29) is 24.2 Å². The van der Waals surface area contributed by atoms with E-state index in [1.807, 2.05) is 0 Å². The molecule has 1 amide bonds. The third-order valence-electron chi connectivity index (χ3n) is 4.36. The minimum absolute atomic E-state index is 0.186. The highest BCUT2D eigenvalue weighted by molar-refractivity contribution is 5.91. The number of aromatic nitrogens is 2. The number of nitrogens with zero attached hydrogens (tertiary/aromatic N) is 3. The molecule has 0 radical (unpaired) electrons. The van der Waals surface area contributed by atoms with Gasteiger partial charge in [0.05, 0.1) is 31.0 Å². The standard InChI is InChI=1S/C18H19F3N4O2/c19-18(20,21)14-3-1-13(2-4-14)16(25-7-9-27-10-8-25)12-24-17(26)15-11-22-5-6-23-15/h1-6,11,16H,7-10,12H2,(H,24,26). The van der Waals surface area contributed by atoms with E-state index >= 15 is 0 Å². The molecule has 27 heavy (non-hydrogen) atoms. The molecule has 1 aliphatic heterocycles. The van der Waals surface area contributed by atoms with Crippen LogP contribution in [0.25, 0.3) is 0 Å². The van der Waals surface area contributed by atoms with Crippen LogP contribution in [0.4, 0.5) is 13.2 Å². The van der Waals surface area contributed by atoms with Crippen molar-refractivity contribution in [1.29, 1.82) is 0 Å². The maximum Gasteiger partial charge on any atom is 0.416 e. The zero-order chi connectivity index (χ0) is 19.3. The molecule has 1 atom stereocenters. The molecule has 1 aliphatic rings. The molecule has 0 spiro atoms. The van der Waals surface area contributed by atoms with Crippen molar-refractivity contribution in [3.05, 3.63) is 59.7 Å². The van der Waals surface area contributed by atoms with Gasteiger partial charge in [-0.3, -0.25) is 14.7 Å². The molecular weight excluding hydrogens is 361 g/mol. The van der Waals surface area contributed by atoms with Crippen LogP contribution in [-0.2, 0) is 10.9 Å². The summed E-state index contributed by atoms with van der Waals surface area (Å²) in [4.78, 5) is 22.1. The van der Waals surface area contributed by atoms with Crippen molar-refractivity contribution in [1.82, 2.24) is 20.2 Å². The van der Waals surface area contributed by atoms with E-state index in [9.17, 15) is 18.0 Å². The summed E-state index contributed by atoms with van der Waals surface area (Å²) in [6.07, 6.45) is -0.135. The van der Waals surface area contributed by atoms with Gasteiger partial charge in [-0.05, 0) is 17.7 Å². The van der Waals surface area contributed by atoms with Crippen molar-refractivity contribution in [3.63, 3.8) is 0 Å². The van der Waals surface area contributed by atoms with Crippen LogP contribution < -0.4 is 5.32 Å². The fraction of sp³-hybridized carbons (Fsp3) is 0.389. The number of carbonyl (C=O) groups is 1. The average Bonchev–Trinajstić information content (AvgIpc) is 2.69. The van der Waals surface area contributed by atoms with Gasteiger partial charge in [0.2, 0.25) is 0 Å². The Labute approximate surface area is 154 Å². The summed E-state index contributed by atoms with van der Waals surface area (Å²) in [7, 11) is 0. The third kappa shape index (κ3) is 5.01. The molecule has 1 aromatic heterocycles. The number of carbonyl (C=O) groups excluding carboxylic acids is 1. The summed E-state index contributed by atoms with van der Waals surface area (Å²) in [5, 5.41) is 2.79. The van der Waals surface area contributed by atoms with E-state index in [4.69, 9.17) is 4.74 Å². The Bertz CT molecular complexity index is 747. The average molecular weight is 380 g/mol. The Morgan fingerprint density at radius 3 is 2.48 bits per heavy atom. The fourth-order valence-electron chi connectivity index (χ4n) is 2.94. The molecule has 2 heterocycles. The normalized spacial score (nSPS) is 16.7. The number of benzene rings is 1. The number of hydrogen-bond donors (Lipinski definition) is 1. The highest BCUT2D eigenvalue weighted by Gasteiger charge is 2.31. The lowest BCUT2D eigenvalue weighted by Gasteiger charge is -2.35. The van der Waals surface area contributed by atoms with Crippen LogP contribution >= 0.6 is 0 Å². The van der Waals surface area contributed by atoms with Crippen molar-refractivity contribution in [2.75, 3.05) is 32.8 Å². The molecule has 144 valence electrons. The first-order valence-corrected chi connectivity index (χ1v) is 8.48. The zero-order valence-electron chi connectivity index (χ0n) is 14.4. The van der Waals surface area contributed by atoms with Gasteiger partial charge in [0.25, 0.3) is 5.91 Å². The Morgan fingerprint density at radius 1 is 1.19 bits per heavy atom. The van der Waals surface area contributed by atoms with Gasteiger partial charge in [-0.15, -0.1) is 0 Å². The third-order valence-corrected chi connectivity index (χ3v) is 4.36. The molecule has 1 aromatic carbocycles. The van der Waals surface area contributed by atoms with E-state index in [1.54, 1.807) is 0 Å². The zero-order valence-corrected chi connectivity index (χ0v) is 14.4. The first kappa shape index (κ1) is 19.2. The highest BCUT2D eigenvalue weighted by Crippen LogP contribution is 2.31. The van der Waals surface area contributed by atoms with Gasteiger partial charge in [-0.1, -0.05) is 12.1 Å². The van der Waals surface area contributed by atoms with Gasteiger partial charge >= 0.3 is 6.18 Å². The van der Waals surface area contributed by atoms with E-state index in [2.05, 4.69) is 20.2 Å². The predicted octanol–water partition coefficient (Wildman–Crippen LogP) is 2.30. The van der Waals surface area contributed by atoms with Gasteiger partial charge in [0.15, 0.2) is 0 Å². The molecule has 3 rings (SSSR count). The van der Waals surface area contributed by atoms with Crippen LogP contribution in [-0.4, -0.2) is 53.6 Å². The van der Waals surface area contributed by atoms with Crippen molar-refractivity contribution >= 4 is 5.91 Å². The van der Waals surface area contributed by atoms with E-state index in [1.165, 1.54) is 30.7 Å². The number of hydrogen-bond acceptors (Lipinski definition) is 5. The number of ether oxygens (including phenoxy) is 1. The first-order chi connectivity index (χ1) is 12.9. The lowest BCUT2D eigenvalue weighted by atomic mass is 10.0. The second-order valence-corrected chi connectivity index (χ2v) is 6.08. The molecule has 1 unspecified atom stereocenters. The molecular formula is C18H19F3N4O2. The number of rotatable bonds is 5. The van der Waals surface area contributed by atoms with Gasteiger partial charge < -0.3 is 10.1 Å².